The van der Waals surface area contributed by atoms with Crippen molar-refractivity contribution in [2.75, 3.05) is 12.8 Å². The molecule has 0 unspecified atom stereocenters. The first kappa shape index (κ1) is 13.3. The van der Waals surface area contributed by atoms with Crippen molar-refractivity contribution in [1.29, 1.82) is 0 Å². The number of nitrogens with two attached hydrogens (primary N) is 1. The molecule has 5 nitrogen and oxygen atoms in total. The molecule has 0 saturated heterocycles. The molecule has 0 bridgehead atoms. The van der Waals surface area contributed by atoms with Crippen LogP contribution in [-0.2, 0) is 0 Å². The molecule has 0 radical (unpaired) electrons. The molecule has 0 spiro atoms. The first-order valence-corrected chi connectivity index (χ1v) is 6.17. The fourth-order valence-corrected chi connectivity index (χ4v) is 2.14. The van der Waals surface area contributed by atoms with Crippen LogP contribution in [0, 0.1) is 18.6 Å². The molecule has 1 aromatic carbocycles. The second-order valence-electron chi connectivity index (χ2n) is 4.53. The lowest BCUT2D eigenvalue weighted by molar-refractivity contribution is 0.399. The van der Waals surface area contributed by atoms with Gasteiger partial charge in [-0.1, -0.05) is 6.07 Å². The zero-order valence-electron chi connectivity index (χ0n) is 11.4. The van der Waals surface area contributed by atoms with Gasteiger partial charge in [0.25, 0.3) is 0 Å². The number of rotatable bonds is 2. The largest absolute Gasteiger partial charge is 0.481 e. The van der Waals surface area contributed by atoms with Crippen LogP contribution in [0.25, 0.3) is 16.9 Å². The summed E-state index contributed by atoms with van der Waals surface area (Å²) in [6.45, 7) is 1.54. The third-order valence-corrected chi connectivity index (χ3v) is 3.20. The van der Waals surface area contributed by atoms with Crippen molar-refractivity contribution in [2.45, 2.75) is 6.92 Å². The molecule has 0 aliphatic rings. The van der Waals surface area contributed by atoms with Crippen molar-refractivity contribution in [3.8, 4) is 11.6 Å². The van der Waals surface area contributed by atoms with E-state index in [-0.39, 0.29) is 17.3 Å². The average molecular weight is 290 g/mol. The summed E-state index contributed by atoms with van der Waals surface area (Å²) >= 11 is 0. The lowest BCUT2D eigenvalue weighted by atomic mass is 10.2. The van der Waals surface area contributed by atoms with Gasteiger partial charge >= 0.3 is 0 Å². The van der Waals surface area contributed by atoms with E-state index in [1.807, 2.05) is 0 Å². The lowest BCUT2D eigenvalue weighted by Gasteiger charge is -2.10. The highest BCUT2D eigenvalue weighted by Gasteiger charge is 2.20. The number of aromatic nitrogens is 3. The van der Waals surface area contributed by atoms with Crippen LogP contribution in [-0.4, -0.2) is 21.6 Å². The second kappa shape index (κ2) is 4.69. The van der Waals surface area contributed by atoms with Gasteiger partial charge in [-0.15, -0.1) is 0 Å². The van der Waals surface area contributed by atoms with E-state index in [1.165, 1.54) is 19.2 Å². The average Bonchev–Trinajstić information content (AvgIpc) is 2.79. The van der Waals surface area contributed by atoms with E-state index in [4.69, 9.17) is 10.5 Å². The summed E-state index contributed by atoms with van der Waals surface area (Å²) in [5, 5.41) is 0. The van der Waals surface area contributed by atoms with Gasteiger partial charge in [0, 0.05) is 6.07 Å². The van der Waals surface area contributed by atoms with Gasteiger partial charge in [0.2, 0.25) is 11.8 Å². The maximum atomic E-state index is 14.3. The number of ether oxygens (including phenoxy) is 1. The molecule has 2 aromatic heterocycles. The molecule has 0 atom stereocenters. The third-order valence-electron chi connectivity index (χ3n) is 3.20. The Kier molecular flexibility index (Phi) is 2.97. The number of hydrogen-bond acceptors (Lipinski definition) is 4. The number of methoxy groups -OCH3 is 1. The number of aryl methyl sites for hydroxylation is 1. The van der Waals surface area contributed by atoms with Gasteiger partial charge in [-0.3, -0.25) is 4.57 Å². The first-order chi connectivity index (χ1) is 10.0. The van der Waals surface area contributed by atoms with Gasteiger partial charge in [0.15, 0.2) is 11.5 Å². The molecule has 3 aromatic rings. The second-order valence-corrected chi connectivity index (χ2v) is 4.53. The summed E-state index contributed by atoms with van der Waals surface area (Å²) < 4.78 is 34.6. The van der Waals surface area contributed by atoms with E-state index < -0.39 is 11.6 Å². The Balaban J connectivity index is 2.40. The minimum absolute atomic E-state index is 0.0471. The summed E-state index contributed by atoms with van der Waals surface area (Å²) in [5.74, 6) is -1.19. The molecular formula is C14H12F2N4O. The lowest BCUT2D eigenvalue weighted by Crippen LogP contribution is -2.07. The normalized spacial score (nSPS) is 11.0. The SMILES string of the molecule is COc1ccc2nc(N)n(-c3c(F)ccc(C)c3F)c2n1. The quantitative estimate of drug-likeness (QED) is 0.788. The summed E-state index contributed by atoms with van der Waals surface area (Å²) in [4.78, 5) is 8.23. The van der Waals surface area contributed by atoms with Gasteiger partial charge in [-0.25, -0.2) is 13.8 Å². The number of hydrogen-bond donors (Lipinski definition) is 1. The molecule has 108 valence electrons. The maximum absolute atomic E-state index is 14.3. The fourth-order valence-electron chi connectivity index (χ4n) is 2.14. The molecule has 0 fully saturated rings. The fraction of sp³-hybridized carbons (Fsp3) is 0.143. The molecule has 0 aliphatic heterocycles. The van der Waals surface area contributed by atoms with Gasteiger partial charge in [-0.05, 0) is 24.6 Å². The van der Waals surface area contributed by atoms with Crippen LogP contribution in [0.3, 0.4) is 0 Å². The third kappa shape index (κ3) is 1.97. The number of pyridine rings is 1. The zero-order chi connectivity index (χ0) is 15.1. The molecule has 0 aliphatic carbocycles. The number of fused-ring (bicyclic) bond motifs is 1. The van der Waals surface area contributed by atoms with Crippen LogP contribution in [0.15, 0.2) is 24.3 Å². The Hall–Kier alpha value is -2.70. The summed E-state index contributed by atoms with van der Waals surface area (Å²) in [6, 6.07) is 5.76. The van der Waals surface area contributed by atoms with E-state index in [1.54, 1.807) is 19.1 Å². The topological polar surface area (TPSA) is 66.0 Å². The zero-order valence-corrected chi connectivity index (χ0v) is 11.4. The highest BCUT2D eigenvalue weighted by atomic mass is 19.1. The van der Waals surface area contributed by atoms with Crippen LogP contribution in [0.2, 0.25) is 0 Å². The van der Waals surface area contributed by atoms with E-state index in [9.17, 15) is 8.78 Å². The van der Waals surface area contributed by atoms with E-state index in [0.29, 0.717) is 17.0 Å². The van der Waals surface area contributed by atoms with Crippen LogP contribution < -0.4 is 10.5 Å². The molecule has 0 amide bonds. The molecule has 7 heteroatoms. The number of nitrogens with zero attached hydrogens (tertiary/aromatic N) is 3. The Labute approximate surface area is 119 Å². The minimum Gasteiger partial charge on any atom is -0.481 e. The maximum Gasteiger partial charge on any atom is 0.215 e. The number of benzene rings is 1. The first-order valence-electron chi connectivity index (χ1n) is 6.17. The number of anilines is 1. The molecular weight excluding hydrogens is 278 g/mol. The Morgan fingerprint density at radius 3 is 2.62 bits per heavy atom. The van der Waals surface area contributed by atoms with E-state index in [0.717, 1.165) is 4.57 Å². The number of nitrogen functional groups attached to an aromatic ring is 1. The molecule has 2 N–H and O–H groups in total. The summed E-state index contributed by atoms with van der Waals surface area (Å²) in [6.07, 6.45) is 0. The van der Waals surface area contributed by atoms with Gasteiger partial charge < -0.3 is 10.5 Å². The Morgan fingerprint density at radius 2 is 1.90 bits per heavy atom. The van der Waals surface area contributed by atoms with E-state index in [2.05, 4.69) is 9.97 Å². The number of halogens is 2. The number of imidazole rings is 1. The summed E-state index contributed by atoms with van der Waals surface area (Å²) in [5.41, 5.74) is 6.46. The minimum atomic E-state index is -0.742. The monoisotopic (exact) mass is 290 g/mol. The van der Waals surface area contributed by atoms with Gasteiger partial charge in [0.05, 0.1) is 7.11 Å². The smallest absolute Gasteiger partial charge is 0.215 e. The predicted octanol–water partition coefficient (Wildman–Crippen LogP) is 2.60. The predicted molar refractivity (Wildman–Crippen MR) is 74.5 cm³/mol. The van der Waals surface area contributed by atoms with Crippen LogP contribution in [0.4, 0.5) is 14.7 Å². The van der Waals surface area contributed by atoms with Crippen molar-refractivity contribution < 1.29 is 13.5 Å². The Morgan fingerprint density at radius 1 is 1.14 bits per heavy atom. The van der Waals surface area contributed by atoms with Crippen molar-refractivity contribution in [3.05, 3.63) is 41.5 Å². The molecule has 3 rings (SSSR count). The molecule has 2 heterocycles. The summed E-state index contributed by atoms with van der Waals surface area (Å²) in [7, 11) is 1.45. The van der Waals surface area contributed by atoms with Crippen molar-refractivity contribution in [3.63, 3.8) is 0 Å². The highest BCUT2D eigenvalue weighted by Crippen LogP contribution is 2.28. The van der Waals surface area contributed by atoms with Gasteiger partial charge in [0.1, 0.15) is 17.0 Å². The van der Waals surface area contributed by atoms with Crippen LogP contribution in [0.1, 0.15) is 5.56 Å². The van der Waals surface area contributed by atoms with Crippen LogP contribution >= 0.6 is 0 Å². The van der Waals surface area contributed by atoms with E-state index >= 15 is 0 Å². The van der Waals surface area contributed by atoms with Crippen molar-refractivity contribution in [1.82, 2.24) is 14.5 Å². The standard InChI is InChI=1S/C14H12F2N4O/c1-7-3-4-8(15)12(11(7)16)20-13-9(18-14(20)17)5-6-10(19-13)21-2/h3-6H,1-2H3,(H2,17,18). The van der Waals surface area contributed by atoms with Gasteiger partial charge in [-0.2, -0.15) is 4.98 Å². The highest BCUT2D eigenvalue weighted by molar-refractivity contribution is 5.77. The van der Waals surface area contributed by atoms with Crippen molar-refractivity contribution in [2.24, 2.45) is 0 Å². The Bertz CT molecular complexity index is 845. The van der Waals surface area contributed by atoms with Crippen LogP contribution in [0.5, 0.6) is 5.88 Å². The molecule has 0 saturated carbocycles. The molecule has 21 heavy (non-hydrogen) atoms. The van der Waals surface area contributed by atoms with Crippen molar-refractivity contribution >= 4 is 17.1 Å².